The quantitative estimate of drug-likeness (QED) is 0.451. The van der Waals surface area contributed by atoms with Crippen LogP contribution in [0.1, 0.15) is 15.2 Å². The topological polar surface area (TPSA) is 52.0 Å². The van der Waals surface area contributed by atoms with Gasteiger partial charge in [-0.15, -0.1) is 22.7 Å². The van der Waals surface area contributed by atoms with Gasteiger partial charge in [-0.3, -0.25) is 14.2 Å². The Morgan fingerprint density at radius 3 is 2.65 bits per heavy atom. The summed E-state index contributed by atoms with van der Waals surface area (Å²) >= 11 is 8.94. The van der Waals surface area contributed by atoms with E-state index in [-0.39, 0.29) is 17.9 Å². The van der Waals surface area contributed by atoms with Crippen LogP contribution in [-0.2, 0) is 6.54 Å². The monoisotopic (exact) mass is 400 g/mol. The van der Waals surface area contributed by atoms with Gasteiger partial charge in [0.25, 0.3) is 5.56 Å². The molecule has 0 amide bonds. The fourth-order valence-corrected chi connectivity index (χ4v) is 4.71. The minimum atomic E-state index is -0.195. The number of aromatic nitrogens is 2. The molecule has 0 bridgehead atoms. The van der Waals surface area contributed by atoms with E-state index in [1.807, 2.05) is 24.4 Å². The van der Waals surface area contributed by atoms with Gasteiger partial charge in [-0.2, -0.15) is 0 Å². The van der Waals surface area contributed by atoms with E-state index in [1.54, 1.807) is 35.6 Å². The zero-order valence-corrected chi connectivity index (χ0v) is 16.1. The second-order valence-corrected chi connectivity index (χ2v) is 8.43. The number of aryl methyl sites for hydroxylation is 1. The lowest BCUT2D eigenvalue weighted by atomic mass is 10.1. The first-order chi connectivity index (χ1) is 12.5. The average molecular weight is 401 g/mol. The molecule has 7 heteroatoms. The molecular weight excluding hydrogens is 388 g/mol. The number of carbonyl (C=O) groups excluding carboxylic acids is 1. The third-order valence-electron chi connectivity index (χ3n) is 4.05. The number of fused-ring (bicyclic) bond motifs is 1. The summed E-state index contributed by atoms with van der Waals surface area (Å²) < 4.78 is 1.37. The molecule has 0 radical (unpaired) electrons. The molecule has 4 aromatic rings. The molecule has 4 nitrogen and oxygen atoms in total. The van der Waals surface area contributed by atoms with Crippen LogP contribution in [-0.4, -0.2) is 15.3 Å². The number of benzene rings is 1. The molecule has 0 saturated heterocycles. The molecule has 3 aromatic heterocycles. The zero-order chi connectivity index (χ0) is 18.3. The first kappa shape index (κ1) is 17.1. The van der Waals surface area contributed by atoms with Crippen molar-refractivity contribution >= 4 is 50.3 Å². The molecule has 26 heavy (non-hydrogen) atoms. The highest BCUT2D eigenvalue weighted by molar-refractivity contribution is 7.19. The highest BCUT2D eigenvalue weighted by Crippen LogP contribution is 2.34. The Kier molecular flexibility index (Phi) is 4.48. The summed E-state index contributed by atoms with van der Waals surface area (Å²) in [5.74, 6) is -0.159. The lowest BCUT2D eigenvalue weighted by molar-refractivity contribution is 0.0970. The van der Waals surface area contributed by atoms with E-state index in [2.05, 4.69) is 4.98 Å². The Hall–Kier alpha value is -2.28. The molecule has 0 aliphatic carbocycles. The Balaban J connectivity index is 1.74. The van der Waals surface area contributed by atoms with E-state index in [1.165, 1.54) is 27.1 Å². The zero-order valence-electron chi connectivity index (χ0n) is 13.7. The molecule has 0 fully saturated rings. The van der Waals surface area contributed by atoms with Crippen molar-refractivity contribution in [2.24, 2.45) is 0 Å². The summed E-state index contributed by atoms with van der Waals surface area (Å²) in [6.45, 7) is 1.98. The summed E-state index contributed by atoms with van der Waals surface area (Å²) in [4.78, 5) is 32.7. The number of hydrogen-bond donors (Lipinski definition) is 0. The van der Waals surface area contributed by atoms with Gasteiger partial charge in [-0.05, 0) is 43.3 Å². The van der Waals surface area contributed by atoms with E-state index < -0.39 is 0 Å². The Bertz CT molecular complexity index is 1170. The van der Waals surface area contributed by atoms with Crippen LogP contribution >= 0.6 is 34.3 Å². The van der Waals surface area contributed by atoms with Crippen LogP contribution in [0.2, 0.25) is 5.02 Å². The maximum absolute atomic E-state index is 13.0. The number of hydrogen-bond acceptors (Lipinski definition) is 5. The molecule has 130 valence electrons. The van der Waals surface area contributed by atoms with Crippen molar-refractivity contribution in [2.75, 3.05) is 0 Å². The number of ketones is 1. The van der Waals surface area contributed by atoms with E-state index in [9.17, 15) is 9.59 Å². The number of nitrogens with zero attached hydrogens (tertiary/aromatic N) is 2. The fraction of sp³-hybridized carbons (Fsp3) is 0.105. The van der Waals surface area contributed by atoms with Gasteiger partial charge in [0.05, 0.1) is 18.3 Å². The standard InChI is InChI=1S/C19H13ClN2O2S2/c1-11-2-7-16(26-11)14-9-25-18-17(14)19(24)22(10-21-18)8-15(23)12-3-5-13(20)6-4-12/h2-7,9-10H,8H2,1H3. The van der Waals surface area contributed by atoms with Gasteiger partial charge in [-0.25, -0.2) is 4.98 Å². The lowest BCUT2D eigenvalue weighted by Gasteiger charge is -2.05. The maximum Gasteiger partial charge on any atom is 0.263 e. The molecule has 0 N–H and O–H groups in total. The SMILES string of the molecule is Cc1ccc(-c2csc3ncn(CC(=O)c4ccc(Cl)cc4)c(=O)c23)s1. The van der Waals surface area contributed by atoms with Crippen LogP contribution in [0.15, 0.2) is 52.9 Å². The first-order valence-electron chi connectivity index (χ1n) is 7.85. The molecule has 0 atom stereocenters. The van der Waals surface area contributed by atoms with Crippen molar-refractivity contribution in [3.8, 4) is 10.4 Å². The summed E-state index contributed by atoms with van der Waals surface area (Å²) in [5, 5.41) is 3.09. The minimum absolute atomic E-state index is 0.0534. The molecule has 4 rings (SSSR count). The van der Waals surface area contributed by atoms with Crippen LogP contribution in [0.5, 0.6) is 0 Å². The Labute approximate surface area is 162 Å². The van der Waals surface area contributed by atoms with Crippen LogP contribution < -0.4 is 5.56 Å². The van der Waals surface area contributed by atoms with Gasteiger partial charge >= 0.3 is 0 Å². The molecule has 3 heterocycles. The summed E-state index contributed by atoms with van der Waals surface area (Å²) in [6, 6.07) is 10.7. The van der Waals surface area contributed by atoms with Crippen LogP contribution in [0.3, 0.4) is 0 Å². The van der Waals surface area contributed by atoms with Gasteiger partial charge in [0, 0.05) is 31.3 Å². The Morgan fingerprint density at radius 2 is 1.96 bits per heavy atom. The molecule has 0 saturated carbocycles. The van der Waals surface area contributed by atoms with Crippen molar-refractivity contribution in [1.29, 1.82) is 0 Å². The number of rotatable bonds is 4. The number of halogens is 1. The van der Waals surface area contributed by atoms with Crippen LogP contribution in [0.25, 0.3) is 20.7 Å². The van der Waals surface area contributed by atoms with E-state index in [0.29, 0.717) is 20.8 Å². The number of carbonyl (C=O) groups is 1. The van der Waals surface area contributed by atoms with E-state index >= 15 is 0 Å². The predicted molar refractivity (Wildman–Crippen MR) is 108 cm³/mol. The predicted octanol–water partition coefficient (Wildman–Crippen LogP) is 5.03. The molecule has 0 unspecified atom stereocenters. The van der Waals surface area contributed by atoms with Crippen molar-refractivity contribution in [3.63, 3.8) is 0 Å². The largest absolute Gasteiger partial charge is 0.292 e. The lowest BCUT2D eigenvalue weighted by Crippen LogP contribution is -2.24. The molecule has 1 aromatic carbocycles. The van der Waals surface area contributed by atoms with E-state index in [0.717, 1.165) is 10.4 Å². The third-order valence-corrected chi connectivity index (χ3v) is 6.22. The molecule has 0 aliphatic rings. The van der Waals surface area contributed by atoms with Crippen molar-refractivity contribution in [2.45, 2.75) is 13.5 Å². The second-order valence-electron chi connectivity index (χ2n) is 5.85. The van der Waals surface area contributed by atoms with Gasteiger partial charge in [0.15, 0.2) is 5.78 Å². The highest BCUT2D eigenvalue weighted by atomic mass is 35.5. The molecular formula is C19H13ClN2O2S2. The first-order valence-corrected chi connectivity index (χ1v) is 9.92. The summed E-state index contributed by atoms with van der Waals surface area (Å²) in [6.07, 6.45) is 1.44. The van der Waals surface area contributed by atoms with Crippen LogP contribution in [0, 0.1) is 6.92 Å². The maximum atomic E-state index is 13.0. The number of thiophene rings is 2. The minimum Gasteiger partial charge on any atom is -0.292 e. The van der Waals surface area contributed by atoms with Crippen molar-refractivity contribution in [1.82, 2.24) is 9.55 Å². The number of Topliss-reactive ketones (excluding diaryl/α,β-unsaturated/α-hetero) is 1. The smallest absolute Gasteiger partial charge is 0.263 e. The fourth-order valence-electron chi connectivity index (χ4n) is 2.72. The summed E-state index contributed by atoms with van der Waals surface area (Å²) in [7, 11) is 0. The van der Waals surface area contributed by atoms with Crippen molar-refractivity contribution < 1.29 is 4.79 Å². The van der Waals surface area contributed by atoms with Gasteiger partial charge in [-0.1, -0.05) is 11.6 Å². The van der Waals surface area contributed by atoms with Gasteiger partial charge in [0.2, 0.25) is 0 Å². The van der Waals surface area contributed by atoms with Crippen molar-refractivity contribution in [3.05, 3.63) is 73.9 Å². The highest BCUT2D eigenvalue weighted by Gasteiger charge is 2.16. The van der Waals surface area contributed by atoms with E-state index in [4.69, 9.17) is 11.6 Å². The van der Waals surface area contributed by atoms with Gasteiger partial charge < -0.3 is 0 Å². The second kappa shape index (κ2) is 6.79. The molecule has 0 spiro atoms. The van der Waals surface area contributed by atoms with Gasteiger partial charge in [0.1, 0.15) is 4.83 Å². The van der Waals surface area contributed by atoms with Crippen LogP contribution in [0.4, 0.5) is 0 Å². The molecule has 0 aliphatic heterocycles. The Morgan fingerprint density at radius 1 is 1.19 bits per heavy atom. The normalized spacial score (nSPS) is 11.2. The summed E-state index contributed by atoms with van der Waals surface area (Å²) in [5.41, 5.74) is 1.20. The third kappa shape index (κ3) is 3.11. The average Bonchev–Trinajstić information content (AvgIpc) is 3.24.